The van der Waals surface area contributed by atoms with Crippen LogP contribution in [0.25, 0.3) is 0 Å². The number of allylic oxidation sites excluding steroid dienone is 1. The first kappa shape index (κ1) is 17.1. The summed E-state index contributed by atoms with van der Waals surface area (Å²) >= 11 is 1.79. The molecule has 5 heteroatoms. The van der Waals surface area contributed by atoms with Gasteiger partial charge in [-0.3, -0.25) is 4.84 Å². The van der Waals surface area contributed by atoms with Gasteiger partial charge in [0.2, 0.25) is 0 Å². The molecule has 4 heterocycles. The number of fused-ring (bicyclic) bond motifs is 3. The van der Waals surface area contributed by atoms with Crippen LogP contribution in [0.15, 0.2) is 35.5 Å². The van der Waals surface area contributed by atoms with Gasteiger partial charge in [-0.05, 0) is 62.3 Å². The molecule has 0 bridgehead atoms. The third-order valence-corrected chi connectivity index (χ3v) is 6.40. The molecular weight excluding hydrogens is 330 g/mol. The van der Waals surface area contributed by atoms with Crippen molar-refractivity contribution in [2.24, 2.45) is 5.92 Å². The second-order valence-electron chi connectivity index (χ2n) is 7.29. The molecule has 3 aliphatic heterocycles. The predicted molar refractivity (Wildman–Crippen MR) is 106 cm³/mol. The molecule has 1 fully saturated rings. The monoisotopic (exact) mass is 359 g/mol. The molecule has 3 aliphatic rings. The zero-order valence-corrected chi connectivity index (χ0v) is 16.0. The molecule has 0 spiro atoms. The van der Waals surface area contributed by atoms with E-state index >= 15 is 0 Å². The maximum Gasteiger partial charge on any atom is 0.122 e. The fourth-order valence-electron chi connectivity index (χ4n) is 3.90. The minimum atomic E-state index is 0.681. The van der Waals surface area contributed by atoms with Gasteiger partial charge in [0.05, 0.1) is 18.5 Å². The molecule has 0 atom stereocenters. The third kappa shape index (κ3) is 3.78. The van der Waals surface area contributed by atoms with Crippen LogP contribution in [0.5, 0.6) is 0 Å². The Labute approximate surface area is 155 Å². The molecule has 4 rings (SSSR count). The average molecular weight is 360 g/mol. The Balaban J connectivity index is 1.28. The molecule has 4 nitrogen and oxygen atoms in total. The van der Waals surface area contributed by atoms with Crippen LogP contribution in [-0.4, -0.2) is 37.7 Å². The first-order valence-electron chi connectivity index (χ1n) is 9.73. The minimum absolute atomic E-state index is 0.681. The maximum atomic E-state index is 6.23. The molecule has 136 valence electrons. The predicted octanol–water partition coefficient (Wildman–Crippen LogP) is 4.62. The Morgan fingerprint density at radius 2 is 2.12 bits per heavy atom. The van der Waals surface area contributed by atoms with Crippen LogP contribution in [0.3, 0.4) is 0 Å². The first-order valence-corrected chi connectivity index (χ1v) is 10.6. The van der Waals surface area contributed by atoms with Crippen molar-refractivity contribution in [1.82, 2.24) is 4.90 Å². The van der Waals surface area contributed by atoms with Gasteiger partial charge in [0.15, 0.2) is 0 Å². The summed E-state index contributed by atoms with van der Waals surface area (Å²) in [4.78, 5) is 11.2. The molecule has 0 N–H and O–H groups in total. The summed E-state index contributed by atoms with van der Waals surface area (Å²) in [6.45, 7) is 7.83. The van der Waals surface area contributed by atoms with Crippen LogP contribution in [0.4, 0.5) is 10.7 Å². The van der Waals surface area contributed by atoms with Gasteiger partial charge in [0.25, 0.3) is 0 Å². The van der Waals surface area contributed by atoms with Crippen molar-refractivity contribution in [3.05, 3.63) is 35.5 Å². The van der Waals surface area contributed by atoms with E-state index in [1.165, 1.54) is 68.1 Å². The van der Waals surface area contributed by atoms with Crippen LogP contribution >= 0.6 is 11.3 Å². The second kappa shape index (κ2) is 7.94. The molecule has 0 unspecified atom stereocenters. The summed E-state index contributed by atoms with van der Waals surface area (Å²) in [6.07, 6.45) is 13.1. The molecule has 0 aliphatic carbocycles. The fraction of sp³-hybridized carbons (Fsp3) is 0.600. The van der Waals surface area contributed by atoms with Gasteiger partial charge in [-0.25, -0.2) is 5.06 Å². The Morgan fingerprint density at radius 1 is 1.24 bits per heavy atom. The third-order valence-electron chi connectivity index (χ3n) is 5.48. The number of unbranched alkanes of at least 4 members (excludes halogenated alkanes) is 2. The van der Waals surface area contributed by atoms with Crippen LogP contribution < -0.4 is 9.96 Å². The largest absolute Gasteiger partial charge is 0.326 e. The van der Waals surface area contributed by atoms with E-state index in [-0.39, 0.29) is 0 Å². The van der Waals surface area contributed by atoms with E-state index < -0.39 is 0 Å². The molecule has 0 aromatic carbocycles. The van der Waals surface area contributed by atoms with Gasteiger partial charge in [0, 0.05) is 6.54 Å². The standard InChI is InChI=1S/C20H29N3OS/c1-2-3-4-10-21-12-7-17(8-13-21)16-24-23-15-18-6-5-11-22(18)20-19(23)9-14-25-20/h5-6,9,14-15,17H,2-4,7-8,10-13,16H2,1H3. The van der Waals surface area contributed by atoms with Crippen LogP contribution in [0.1, 0.15) is 39.0 Å². The highest BCUT2D eigenvalue weighted by atomic mass is 32.1. The number of hydroxylamine groups is 1. The van der Waals surface area contributed by atoms with Gasteiger partial charge in [-0.15, -0.1) is 11.3 Å². The molecule has 1 aromatic rings. The van der Waals surface area contributed by atoms with Crippen LogP contribution in [0, 0.1) is 5.92 Å². The highest BCUT2D eigenvalue weighted by Crippen LogP contribution is 2.43. The normalized spacial score (nSPS) is 20.8. The summed E-state index contributed by atoms with van der Waals surface area (Å²) in [5.74, 6) is 0.681. The molecule has 0 saturated carbocycles. The van der Waals surface area contributed by atoms with Gasteiger partial charge in [-0.2, -0.15) is 0 Å². The lowest BCUT2D eigenvalue weighted by atomic mass is 9.97. The van der Waals surface area contributed by atoms with E-state index in [2.05, 4.69) is 46.5 Å². The Bertz CT molecular complexity index is 631. The van der Waals surface area contributed by atoms with Crippen molar-refractivity contribution < 1.29 is 4.84 Å². The van der Waals surface area contributed by atoms with E-state index in [4.69, 9.17) is 4.84 Å². The van der Waals surface area contributed by atoms with Crippen molar-refractivity contribution in [2.45, 2.75) is 39.0 Å². The van der Waals surface area contributed by atoms with E-state index in [9.17, 15) is 0 Å². The smallest absolute Gasteiger partial charge is 0.122 e. The van der Waals surface area contributed by atoms with Gasteiger partial charge in [0.1, 0.15) is 10.7 Å². The van der Waals surface area contributed by atoms with Gasteiger partial charge in [-0.1, -0.05) is 25.8 Å². The van der Waals surface area contributed by atoms with Crippen molar-refractivity contribution in [3.8, 4) is 0 Å². The molecular formula is C20H29N3OS. The number of piperidine rings is 1. The van der Waals surface area contributed by atoms with Crippen LogP contribution in [-0.2, 0) is 4.84 Å². The highest BCUT2D eigenvalue weighted by molar-refractivity contribution is 7.15. The zero-order chi connectivity index (χ0) is 17.1. The SMILES string of the molecule is CCCCCN1CCC(CON2C=C3C=CCN3c3sccc32)CC1. The summed E-state index contributed by atoms with van der Waals surface area (Å²) in [6, 6.07) is 2.17. The summed E-state index contributed by atoms with van der Waals surface area (Å²) < 4.78 is 0. The number of thiophene rings is 1. The zero-order valence-electron chi connectivity index (χ0n) is 15.2. The van der Waals surface area contributed by atoms with Crippen molar-refractivity contribution in [2.75, 3.05) is 42.7 Å². The van der Waals surface area contributed by atoms with E-state index in [0.717, 1.165) is 13.2 Å². The van der Waals surface area contributed by atoms with Crippen LogP contribution in [0.2, 0.25) is 0 Å². The molecule has 1 saturated heterocycles. The Kier molecular flexibility index (Phi) is 5.44. The lowest BCUT2D eigenvalue weighted by Gasteiger charge is -2.34. The van der Waals surface area contributed by atoms with E-state index in [1.807, 2.05) is 5.06 Å². The lowest BCUT2D eigenvalue weighted by molar-refractivity contribution is 0.0644. The van der Waals surface area contributed by atoms with E-state index in [1.54, 1.807) is 11.3 Å². The van der Waals surface area contributed by atoms with Crippen molar-refractivity contribution in [3.63, 3.8) is 0 Å². The van der Waals surface area contributed by atoms with Gasteiger partial charge < -0.3 is 9.80 Å². The van der Waals surface area contributed by atoms with E-state index in [0.29, 0.717) is 5.92 Å². The van der Waals surface area contributed by atoms with Crippen molar-refractivity contribution in [1.29, 1.82) is 0 Å². The van der Waals surface area contributed by atoms with Gasteiger partial charge >= 0.3 is 0 Å². The number of hydrogen-bond acceptors (Lipinski definition) is 5. The number of hydrogen-bond donors (Lipinski definition) is 0. The molecule has 0 amide bonds. The summed E-state index contributed by atoms with van der Waals surface area (Å²) in [5, 5.41) is 5.46. The van der Waals surface area contributed by atoms with Crippen molar-refractivity contribution >= 4 is 22.0 Å². The first-order chi connectivity index (χ1) is 12.3. The fourth-order valence-corrected chi connectivity index (χ4v) is 4.81. The Morgan fingerprint density at radius 3 is 2.96 bits per heavy atom. The average Bonchev–Trinajstić information content (AvgIpc) is 3.29. The number of anilines is 2. The highest BCUT2D eigenvalue weighted by Gasteiger charge is 2.28. The summed E-state index contributed by atoms with van der Waals surface area (Å²) in [7, 11) is 0. The number of likely N-dealkylation sites (tertiary alicyclic amines) is 1. The Hall–Kier alpha value is -1.30. The number of nitrogens with zero attached hydrogens (tertiary/aromatic N) is 3. The lowest BCUT2D eigenvalue weighted by Crippen LogP contribution is -2.37. The molecule has 1 aromatic heterocycles. The minimum Gasteiger partial charge on any atom is -0.326 e. The maximum absolute atomic E-state index is 6.23. The second-order valence-corrected chi connectivity index (χ2v) is 8.19. The molecule has 0 radical (unpaired) electrons. The number of rotatable bonds is 7. The molecule has 25 heavy (non-hydrogen) atoms. The summed E-state index contributed by atoms with van der Waals surface area (Å²) in [5.41, 5.74) is 2.43. The quantitative estimate of drug-likeness (QED) is 0.661. The topological polar surface area (TPSA) is 19.0 Å².